The molecule has 0 radical (unpaired) electrons. The van der Waals surface area contributed by atoms with Gasteiger partial charge in [0.1, 0.15) is 12.4 Å². The number of hydrogen-bond donors (Lipinski definition) is 1. The summed E-state index contributed by atoms with van der Waals surface area (Å²) >= 11 is 3.35. The lowest BCUT2D eigenvalue weighted by atomic mass is 10.1. The molecule has 1 aromatic heterocycles. The number of rotatable bonds is 5. The Morgan fingerprint density at radius 3 is 2.52 bits per heavy atom. The molecule has 0 fully saturated rings. The van der Waals surface area contributed by atoms with Crippen molar-refractivity contribution in [1.29, 1.82) is 0 Å². The van der Waals surface area contributed by atoms with Crippen LogP contribution in [0.25, 0.3) is 11.0 Å². The summed E-state index contributed by atoms with van der Waals surface area (Å²) in [6, 6.07) is 19.8. The molecule has 0 unspecified atom stereocenters. The maximum absolute atomic E-state index is 13.6. The molecule has 0 aliphatic rings. The number of benzene rings is 3. The van der Waals surface area contributed by atoms with E-state index in [-0.39, 0.29) is 23.8 Å². The molecular weight excluding hydrogens is 437 g/mol. The molecule has 0 aliphatic carbocycles. The molecule has 0 spiro atoms. The van der Waals surface area contributed by atoms with E-state index in [1.54, 1.807) is 34.9 Å². The number of nitrogens with zero attached hydrogens (tertiary/aromatic N) is 2. The molecule has 0 saturated heterocycles. The van der Waals surface area contributed by atoms with Gasteiger partial charge in [0.2, 0.25) is 11.7 Å². The van der Waals surface area contributed by atoms with Crippen molar-refractivity contribution in [2.45, 2.75) is 6.54 Å². The van der Waals surface area contributed by atoms with Crippen molar-refractivity contribution in [1.82, 2.24) is 9.55 Å². The van der Waals surface area contributed by atoms with Crippen molar-refractivity contribution >= 4 is 44.3 Å². The van der Waals surface area contributed by atoms with Crippen LogP contribution >= 0.6 is 15.9 Å². The van der Waals surface area contributed by atoms with Gasteiger partial charge < -0.3 is 9.88 Å². The van der Waals surface area contributed by atoms with E-state index < -0.39 is 11.6 Å². The van der Waals surface area contributed by atoms with Crippen LogP contribution in [0.4, 0.5) is 10.1 Å². The summed E-state index contributed by atoms with van der Waals surface area (Å²) in [6.07, 6.45) is 0. The van der Waals surface area contributed by atoms with Crippen molar-refractivity contribution in [3.05, 3.63) is 94.5 Å². The Hall–Kier alpha value is -3.32. The number of para-hydroxylation sites is 2. The van der Waals surface area contributed by atoms with E-state index in [1.807, 2.05) is 18.2 Å². The molecule has 3 aromatic carbocycles. The van der Waals surface area contributed by atoms with Crippen LogP contribution in [0.1, 0.15) is 16.2 Å². The lowest BCUT2D eigenvalue weighted by Crippen LogP contribution is -2.22. The van der Waals surface area contributed by atoms with Crippen LogP contribution in [0.5, 0.6) is 0 Å². The number of halogens is 2. The molecule has 29 heavy (non-hydrogen) atoms. The third-order valence-corrected chi connectivity index (χ3v) is 4.90. The van der Waals surface area contributed by atoms with Gasteiger partial charge in [-0.1, -0.05) is 40.2 Å². The van der Waals surface area contributed by atoms with Gasteiger partial charge in [0.25, 0.3) is 0 Å². The molecule has 7 heteroatoms. The fourth-order valence-electron chi connectivity index (χ4n) is 3.05. The second-order valence-corrected chi connectivity index (χ2v) is 7.32. The van der Waals surface area contributed by atoms with Crippen molar-refractivity contribution in [2.24, 2.45) is 0 Å². The van der Waals surface area contributed by atoms with E-state index in [9.17, 15) is 14.0 Å². The van der Waals surface area contributed by atoms with E-state index in [4.69, 9.17) is 0 Å². The van der Waals surface area contributed by atoms with Crippen LogP contribution in [-0.4, -0.2) is 21.2 Å². The van der Waals surface area contributed by atoms with Gasteiger partial charge in [0, 0.05) is 15.7 Å². The molecule has 5 nitrogen and oxygen atoms in total. The minimum atomic E-state index is -0.508. The number of aromatic nitrogens is 2. The Morgan fingerprint density at radius 1 is 1.00 bits per heavy atom. The Morgan fingerprint density at radius 2 is 1.76 bits per heavy atom. The second kappa shape index (κ2) is 7.97. The summed E-state index contributed by atoms with van der Waals surface area (Å²) in [5, 5.41) is 2.81. The first-order valence-corrected chi connectivity index (χ1v) is 9.61. The summed E-state index contributed by atoms with van der Waals surface area (Å²) in [5.41, 5.74) is 2.05. The molecule has 1 N–H and O–H groups in total. The number of hydrogen-bond acceptors (Lipinski definition) is 3. The summed E-state index contributed by atoms with van der Waals surface area (Å²) < 4.78 is 16.0. The van der Waals surface area contributed by atoms with E-state index >= 15 is 0 Å². The first-order valence-electron chi connectivity index (χ1n) is 8.82. The Kier molecular flexibility index (Phi) is 5.22. The van der Waals surface area contributed by atoms with E-state index in [2.05, 4.69) is 26.2 Å². The summed E-state index contributed by atoms with van der Waals surface area (Å²) in [6.45, 7) is -0.104. The molecule has 4 aromatic rings. The van der Waals surface area contributed by atoms with Gasteiger partial charge in [-0.3, -0.25) is 9.59 Å². The number of fused-ring (bicyclic) bond motifs is 1. The molecule has 1 heterocycles. The van der Waals surface area contributed by atoms with Crippen LogP contribution < -0.4 is 5.32 Å². The lowest BCUT2D eigenvalue weighted by molar-refractivity contribution is -0.116. The fourth-order valence-corrected chi connectivity index (χ4v) is 3.31. The number of imidazole rings is 1. The van der Waals surface area contributed by atoms with E-state index in [0.717, 1.165) is 10.5 Å². The van der Waals surface area contributed by atoms with Crippen molar-refractivity contribution in [3.63, 3.8) is 0 Å². The van der Waals surface area contributed by atoms with Gasteiger partial charge >= 0.3 is 0 Å². The number of nitrogens with one attached hydrogen (secondary N) is 1. The van der Waals surface area contributed by atoms with Crippen molar-refractivity contribution in [3.8, 4) is 0 Å². The lowest BCUT2D eigenvalue weighted by Gasteiger charge is -2.10. The normalized spacial score (nSPS) is 10.8. The highest BCUT2D eigenvalue weighted by Crippen LogP contribution is 2.20. The van der Waals surface area contributed by atoms with Gasteiger partial charge in [-0.2, -0.15) is 0 Å². The van der Waals surface area contributed by atoms with Crippen LogP contribution in [0.3, 0.4) is 0 Å². The SMILES string of the molecule is O=C(Cn1c(C(=O)c2cccc(F)c2)nc2ccccc21)Nc1ccc(Br)cc1. The molecule has 1 amide bonds. The molecule has 4 rings (SSSR count). The van der Waals surface area contributed by atoms with Crippen LogP contribution in [-0.2, 0) is 11.3 Å². The topological polar surface area (TPSA) is 64.0 Å². The van der Waals surface area contributed by atoms with Crippen molar-refractivity contribution < 1.29 is 14.0 Å². The molecule has 0 saturated carbocycles. The molecular formula is C22H15BrFN3O2. The first-order chi connectivity index (χ1) is 14.0. The average molecular weight is 452 g/mol. The number of ketones is 1. The highest BCUT2D eigenvalue weighted by Gasteiger charge is 2.21. The van der Waals surface area contributed by atoms with Crippen LogP contribution in [0.15, 0.2) is 77.3 Å². The summed E-state index contributed by atoms with van der Waals surface area (Å²) in [5.74, 6) is -1.17. The minimum Gasteiger partial charge on any atom is -0.325 e. The van der Waals surface area contributed by atoms with E-state index in [0.29, 0.717) is 16.7 Å². The zero-order valence-corrected chi connectivity index (χ0v) is 16.7. The second-order valence-electron chi connectivity index (χ2n) is 6.40. The zero-order valence-electron chi connectivity index (χ0n) is 15.1. The van der Waals surface area contributed by atoms with Crippen molar-refractivity contribution in [2.75, 3.05) is 5.32 Å². The number of amides is 1. The number of carbonyl (C=O) groups excluding carboxylic acids is 2. The Labute approximate surface area is 174 Å². The smallest absolute Gasteiger partial charge is 0.244 e. The Bertz CT molecular complexity index is 1220. The predicted molar refractivity (Wildman–Crippen MR) is 112 cm³/mol. The fraction of sp³-hybridized carbons (Fsp3) is 0.0455. The van der Waals surface area contributed by atoms with Gasteiger partial charge in [0.15, 0.2) is 5.82 Å². The predicted octanol–water partition coefficient (Wildman–Crippen LogP) is 4.81. The van der Waals surface area contributed by atoms with Crippen LogP contribution in [0, 0.1) is 5.82 Å². The maximum atomic E-state index is 13.6. The largest absolute Gasteiger partial charge is 0.325 e. The third kappa shape index (κ3) is 4.09. The number of carbonyl (C=O) groups is 2. The zero-order chi connectivity index (χ0) is 20.4. The first kappa shape index (κ1) is 19.0. The molecule has 0 atom stereocenters. The highest BCUT2D eigenvalue weighted by atomic mass is 79.9. The molecule has 0 aliphatic heterocycles. The maximum Gasteiger partial charge on any atom is 0.244 e. The molecule has 0 bridgehead atoms. The highest BCUT2D eigenvalue weighted by molar-refractivity contribution is 9.10. The number of anilines is 1. The van der Waals surface area contributed by atoms with Gasteiger partial charge in [-0.25, -0.2) is 9.37 Å². The Balaban J connectivity index is 1.69. The van der Waals surface area contributed by atoms with E-state index in [1.165, 1.54) is 18.2 Å². The standard InChI is InChI=1S/C22H15BrFN3O2/c23-15-8-10-17(11-9-15)25-20(28)13-27-19-7-2-1-6-18(19)26-22(27)21(29)14-4-3-5-16(24)12-14/h1-12H,13H2,(H,25,28). The van der Waals surface area contributed by atoms with Gasteiger partial charge in [-0.15, -0.1) is 0 Å². The average Bonchev–Trinajstić information content (AvgIpc) is 3.07. The summed E-state index contributed by atoms with van der Waals surface area (Å²) in [7, 11) is 0. The quantitative estimate of drug-likeness (QED) is 0.443. The van der Waals surface area contributed by atoms with Crippen LogP contribution in [0.2, 0.25) is 0 Å². The minimum absolute atomic E-state index is 0.0859. The molecule has 144 valence electrons. The summed E-state index contributed by atoms with van der Waals surface area (Å²) in [4.78, 5) is 30.0. The van der Waals surface area contributed by atoms with Gasteiger partial charge in [-0.05, 0) is 48.5 Å². The third-order valence-electron chi connectivity index (χ3n) is 4.37. The monoisotopic (exact) mass is 451 g/mol. The van der Waals surface area contributed by atoms with Gasteiger partial charge in [0.05, 0.1) is 11.0 Å².